The predicted molar refractivity (Wildman–Crippen MR) is 49.7 cm³/mol. The molecular weight excluding hydrogens is 204 g/mol. The Kier molecular flexibility index (Phi) is 2.62. The van der Waals surface area contributed by atoms with Crippen molar-refractivity contribution in [1.29, 1.82) is 0 Å². The Morgan fingerprint density at radius 1 is 1.40 bits per heavy atom. The van der Waals surface area contributed by atoms with Crippen LogP contribution in [-0.2, 0) is 9.59 Å². The molecule has 0 bridgehead atoms. The van der Waals surface area contributed by atoms with E-state index in [-0.39, 0.29) is 17.2 Å². The van der Waals surface area contributed by atoms with Gasteiger partial charge in [0, 0.05) is 7.05 Å². The number of rotatable bonds is 2. The van der Waals surface area contributed by atoms with Gasteiger partial charge in [-0.25, -0.2) is 14.6 Å². The summed E-state index contributed by atoms with van der Waals surface area (Å²) in [6.07, 6.45) is -1.12. The molecule has 1 aliphatic heterocycles. The maximum Gasteiger partial charge on any atom is 0.356 e. The molecule has 0 radical (unpaired) electrons. The van der Waals surface area contributed by atoms with Crippen LogP contribution in [0.2, 0.25) is 0 Å². The normalized spacial score (nSPS) is 21.3. The van der Waals surface area contributed by atoms with Crippen molar-refractivity contribution in [3.05, 3.63) is 11.5 Å². The second-order valence-electron chi connectivity index (χ2n) is 2.90. The molecule has 0 aliphatic carbocycles. The molecule has 1 atom stereocenters. The molecule has 6 N–H and O–H groups in total. The molecule has 1 unspecified atom stereocenters. The molecule has 8 nitrogen and oxygen atoms in total. The van der Waals surface area contributed by atoms with Gasteiger partial charge in [0.1, 0.15) is 6.17 Å². The largest absolute Gasteiger partial charge is 0.477 e. The van der Waals surface area contributed by atoms with Gasteiger partial charge in [-0.1, -0.05) is 0 Å². The fourth-order valence-corrected chi connectivity index (χ4v) is 1.19. The molecule has 0 saturated heterocycles. The number of carbonyl (C=O) groups is 2. The van der Waals surface area contributed by atoms with Crippen LogP contribution in [0, 0.1) is 0 Å². The molecule has 0 aromatic carbocycles. The van der Waals surface area contributed by atoms with Gasteiger partial charge in [-0.3, -0.25) is 0 Å². The second-order valence-corrected chi connectivity index (χ2v) is 2.90. The van der Waals surface area contributed by atoms with Gasteiger partial charge in [0.05, 0.1) is 0 Å². The molecule has 82 valence electrons. The lowest BCUT2D eigenvalue weighted by molar-refractivity contribution is -0.135. The minimum Gasteiger partial charge on any atom is -0.477 e. The third-order valence-electron chi connectivity index (χ3n) is 1.96. The van der Waals surface area contributed by atoms with Gasteiger partial charge in [-0.15, -0.1) is 0 Å². The summed E-state index contributed by atoms with van der Waals surface area (Å²) in [5.74, 6) is -3.01. The second kappa shape index (κ2) is 3.58. The Hall–Kier alpha value is -2.09. The van der Waals surface area contributed by atoms with Crippen molar-refractivity contribution in [3.63, 3.8) is 0 Å². The Balaban J connectivity index is 3.26. The maximum absolute atomic E-state index is 10.7. The summed E-state index contributed by atoms with van der Waals surface area (Å²) in [4.78, 5) is 25.9. The Labute approximate surface area is 84.5 Å². The number of aliphatic carboxylic acids is 2. The predicted octanol–water partition coefficient (Wildman–Crippen LogP) is -2.05. The summed E-state index contributed by atoms with van der Waals surface area (Å²) in [5, 5.41) is 17.5. The number of hydrogen-bond donors (Lipinski definition) is 4. The standard InChI is InChI=1S/C7H10N4O4/c1-11-3(7(14)15)4(8)10-2(5(11)9)6(12)13/h5H,8-9H2,1H3,(H,12,13)(H,14,15). The number of likely N-dealkylation sites (N-methyl/N-ethyl adjacent to an activating group) is 1. The molecule has 0 aromatic heterocycles. The third kappa shape index (κ3) is 1.74. The summed E-state index contributed by atoms with van der Waals surface area (Å²) in [6.45, 7) is 0. The van der Waals surface area contributed by atoms with Crippen LogP contribution in [0.4, 0.5) is 0 Å². The lowest BCUT2D eigenvalue weighted by atomic mass is 10.2. The van der Waals surface area contributed by atoms with Gasteiger partial charge < -0.3 is 26.6 Å². The van der Waals surface area contributed by atoms with Gasteiger partial charge in [0.25, 0.3) is 0 Å². The highest BCUT2D eigenvalue weighted by Crippen LogP contribution is 2.15. The number of aliphatic imine (C=N–C) groups is 1. The molecule has 15 heavy (non-hydrogen) atoms. The molecule has 1 rings (SSSR count). The number of carboxylic acid groups (broad SMARTS) is 2. The highest BCUT2D eigenvalue weighted by molar-refractivity contribution is 6.38. The van der Waals surface area contributed by atoms with Crippen molar-refractivity contribution in [2.45, 2.75) is 6.17 Å². The van der Waals surface area contributed by atoms with Crippen LogP contribution in [0.5, 0.6) is 0 Å². The number of hydrogen-bond acceptors (Lipinski definition) is 6. The zero-order valence-corrected chi connectivity index (χ0v) is 7.84. The molecule has 0 fully saturated rings. The van der Waals surface area contributed by atoms with E-state index in [0.29, 0.717) is 0 Å². The van der Waals surface area contributed by atoms with Crippen LogP contribution in [0.25, 0.3) is 0 Å². The monoisotopic (exact) mass is 214 g/mol. The van der Waals surface area contributed by atoms with Crippen LogP contribution in [0.1, 0.15) is 0 Å². The lowest BCUT2D eigenvalue weighted by Gasteiger charge is -2.30. The smallest absolute Gasteiger partial charge is 0.356 e. The van der Waals surface area contributed by atoms with Crippen LogP contribution in [-0.4, -0.2) is 46.0 Å². The first-order valence-electron chi connectivity index (χ1n) is 3.89. The highest BCUT2D eigenvalue weighted by atomic mass is 16.4. The third-order valence-corrected chi connectivity index (χ3v) is 1.96. The minimum atomic E-state index is -1.33. The SMILES string of the molecule is CN1C(C(=O)O)=C(N)N=C(C(=O)O)C1N. The summed E-state index contributed by atoms with van der Waals surface area (Å²) < 4.78 is 0. The fraction of sp³-hybridized carbons (Fsp3) is 0.286. The van der Waals surface area contributed by atoms with Gasteiger partial charge in [-0.05, 0) is 0 Å². The van der Waals surface area contributed by atoms with Gasteiger partial charge in [-0.2, -0.15) is 0 Å². The van der Waals surface area contributed by atoms with Crippen molar-refractivity contribution in [3.8, 4) is 0 Å². The van der Waals surface area contributed by atoms with Crippen molar-refractivity contribution in [2.24, 2.45) is 16.5 Å². The number of carboxylic acids is 2. The summed E-state index contributed by atoms with van der Waals surface area (Å²) in [7, 11) is 1.33. The van der Waals surface area contributed by atoms with E-state index >= 15 is 0 Å². The quantitative estimate of drug-likeness (QED) is 0.414. The van der Waals surface area contributed by atoms with Crippen LogP contribution < -0.4 is 11.5 Å². The van der Waals surface area contributed by atoms with Crippen LogP contribution in [0.3, 0.4) is 0 Å². The summed E-state index contributed by atoms with van der Waals surface area (Å²) >= 11 is 0. The number of nitrogens with zero attached hydrogens (tertiary/aromatic N) is 2. The van der Waals surface area contributed by atoms with Gasteiger partial charge in [0.15, 0.2) is 17.2 Å². The average molecular weight is 214 g/mol. The minimum absolute atomic E-state index is 0.312. The van der Waals surface area contributed by atoms with E-state index < -0.39 is 18.1 Å². The first kappa shape index (κ1) is 11.0. The van der Waals surface area contributed by atoms with E-state index in [9.17, 15) is 9.59 Å². The molecule has 0 aromatic rings. The van der Waals surface area contributed by atoms with Crippen molar-refractivity contribution < 1.29 is 19.8 Å². The molecule has 0 spiro atoms. The van der Waals surface area contributed by atoms with E-state index in [0.717, 1.165) is 4.90 Å². The maximum atomic E-state index is 10.7. The zero-order valence-electron chi connectivity index (χ0n) is 7.84. The first-order valence-corrected chi connectivity index (χ1v) is 3.89. The first-order chi connectivity index (χ1) is 6.86. The van der Waals surface area contributed by atoms with E-state index in [1.165, 1.54) is 7.05 Å². The van der Waals surface area contributed by atoms with E-state index in [1.54, 1.807) is 0 Å². The van der Waals surface area contributed by atoms with Gasteiger partial charge >= 0.3 is 11.9 Å². The van der Waals surface area contributed by atoms with E-state index in [2.05, 4.69) is 4.99 Å². The molecule has 0 saturated carbocycles. The molecule has 1 heterocycles. The molecule has 1 aliphatic rings. The zero-order chi connectivity index (χ0) is 11.7. The summed E-state index contributed by atoms with van der Waals surface area (Å²) in [6, 6.07) is 0. The van der Waals surface area contributed by atoms with Crippen molar-refractivity contribution in [1.82, 2.24) is 4.90 Å². The Bertz CT molecular complexity index is 386. The average Bonchev–Trinajstić information content (AvgIpc) is 2.10. The van der Waals surface area contributed by atoms with Crippen molar-refractivity contribution >= 4 is 17.7 Å². The molecule has 0 amide bonds. The van der Waals surface area contributed by atoms with E-state index in [4.69, 9.17) is 21.7 Å². The Morgan fingerprint density at radius 2 is 1.93 bits per heavy atom. The fourth-order valence-electron chi connectivity index (χ4n) is 1.19. The number of nitrogens with two attached hydrogens (primary N) is 2. The highest BCUT2D eigenvalue weighted by Gasteiger charge is 2.33. The van der Waals surface area contributed by atoms with Gasteiger partial charge in [0.2, 0.25) is 0 Å². The Morgan fingerprint density at radius 3 is 2.33 bits per heavy atom. The topological polar surface area (TPSA) is 142 Å². The van der Waals surface area contributed by atoms with Crippen LogP contribution in [0.15, 0.2) is 16.5 Å². The lowest BCUT2D eigenvalue weighted by Crippen LogP contribution is -2.52. The van der Waals surface area contributed by atoms with Crippen LogP contribution >= 0.6 is 0 Å². The summed E-state index contributed by atoms with van der Waals surface area (Å²) in [5.41, 5.74) is 10.1. The van der Waals surface area contributed by atoms with Crippen molar-refractivity contribution in [2.75, 3.05) is 7.05 Å². The molecule has 8 heteroatoms. The van der Waals surface area contributed by atoms with E-state index in [1.807, 2.05) is 0 Å². The molecular formula is C7H10N4O4.